The molecule has 3 heterocycles. The number of nitrogens with zero attached hydrogens (tertiary/aromatic N) is 3. The SMILES string of the molecule is O=C1CC(CS)CN1c1cnc2[nH]ncc2c1. The summed E-state index contributed by atoms with van der Waals surface area (Å²) in [6, 6.07) is 1.94. The number of carbonyl (C=O) groups excluding carboxylic acids is 1. The summed E-state index contributed by atoms with van der Waals surface area (Å²) in [6.07, 6.45) is 3.99. The molecule has 1 fully saturated rings. The van der Waals surface area contributed by atoms with Gasteiger partial charge in [0.15, 0.2) is 5.65 Å². The van der Waals surface area contributed by atoms with Gasteiger partial charge in [0.1, 0.15) is 0 Å². The number of hydrogen-bond donors (Lipinski definition) is 2. The summed E-state index contributed by atoms with van der Waals surface area (Å²) < 4.78 is 0. The monoisotopic (exact) mass is 248 g/mol. The first-order chi connectivity index (χ1) is 8.28. The number of hydrogen-bond acceptors (Lipinski definition) is 4. The Balaban J connectivity index is 1.95. The lowest BCUT2D eigenvalue weighted by molar-refractivity contribution is -0.117. The van der Waals surface area contributed by atoms with E-state index in [0.717, 1.165) is 29.0 Å². The van der Waals surface area contributed by atoms with Crippen molar-refractivity contribution in [1.82, 2.24) is 15.2 Å². The third-order valence-corrected chi connectivity index (χ3v) is 3.57. The van der Waals surface area contributed by atoms with Crippen LogP contribution in [-0.2, 0) is 4.79 Å². The molecule has 0 spiro atoms. The smallest absolute Gasteiger partial charge is 0.227 e. The molecule has 1 N–H and O–H groups in total. The number of fused-ring (bicyclic) bond motifs is 1. The summed E-state index contributed by atoms with van der Waals surface area (Å²) >= 11 is 4.25. The first-order valence-electron chi connectivity index (χ1n) is 5.48. The number of pyridine rings is 1. The first-order valence-corrected chi connectivity index (χ1v) is 6.11. The molecule has 1 atom stereocenters. The zero-order chi connectivity index (χ0) is 11.8. The molecular formula is C11H12N4OS. The maximum Gasteiger partial charge on any atom is 0.227 e. The molecule has 88 valence electrons. The minimum absolute atomic E-state index is 0.147. The van der Waals surface area contributed by atoms with E-state index >= 15 is 0 Å². The molecule has 1 amide bonds. The van der Waals surface area contributed by atoms with Crippen molar-refractivity contribution in [1.29, 1.82) is 0 Å². The predicted molar refractivity (Wildman–Crippen MR) is 68.2 cm³/mol. The maximum atomic E-state index is 11.9. The Bertz CT molecular complexity index is 567. The molecule has 1 saturated heterocycles. The van der Waals surface area contributed by atoms with Gasteiger partial charge in [-0.3, -0.25) is 9.89 Å². The number of H-pyrrole nitrogens is 1. The Hall–Kier alpha value is -1.56. The van der Waals surface area contributed by atoms with Gasteiger partial charge >= 0.3 is 0 Å². The summed E-state index contributed by atoms with van der Waals surface area (Å²) in [6.45, 7) is 0.730. The summed E-state index contributed by atoms with van der Waals surface area (Å²) in [5.41, 5.74) is 1.58. The number of anilines is 1. The molecule has 3 rings (SSSR count). The number of nitrogens with one attached hydrogen (secondary N) is 1. The molecule has 0 bridgehead atoms. The van der Waals surface area contributed by atoms with Crippen molar-refractivity contribution in [3.05, 3.63) is 18.5 Å². The molecule has 2 aromatic rings. The van der Waals surface area contributed by atoms with Gasteiger partial charge in [-0.1, -0.05) is 0 Å². The van der Waals surface area contributed by atoms with Gasteiger partial charge in [0, 0.05) is 18.4 Å². The van der Waals surface area contributed by atoms with Gasteiger partial charge in [-0.25, -0.2) is 4.98 Å². The number of aromatic amines is 1. The Morgan fingerprint density at radius 3 is 3.18 bits per heavy atom. The quantitative estimate of drug-likeness (QED) is 0.786. The molecule has 0 saturated carbocycles. The van der Waals surface area contributed by atoms with E-state index in [1.807, 2.05) is 6.07 Å². The zero-order valence-electron chi connectivity index (χ0n) is 9.13. The van der Waals surface area contributed by atoms with Crippen molar-refractivity contribution < 1.29 is 4.79 Å². The molecule has 0 aliphatic carbocycles. The second-order valence-corrected chi connectivity index (χ2v) is 4.62. The number of rotatable bonds is 2. The highest BCUT2D eigenvalue weighted by Gasteiger charge is 2.29. The van der Waals surface area contributed by atoms with E-state index in [0.29, 0.717) is 12.3 Å². The highest BCUT2D eigenvalue weighted by atomic mass is 32.1. The van der Waals surface area contributed by atoms with Gasteiger partial charge in [0.05, 0.1) is 18.1 Å². The van der Waals surface area contributed by atoms with Crippen LogP contribution in [0.2, 0.25) is 0 Å². The Kier molecular flexibility index (Phi) is 2.51. The van der Waals surface area contributed by atoms with Gasteiger partial charge in [0.25, 0.3) is 0 Å². The van der Waals surface area contributed by atoms with Crippen molar-refractivity contribution in [2.75, 3.05) is 17.2 Å². The summed E-state index contributed by atoms with van der Waals surface area (Å²) in [4.78, 5) is 17.9. The Labute approximate surface area is 104 Å². The van der Waals surface area contributed by atoms with Crippen molar-refractivity contribution in [3.8, 4) is 0 Å². The van der Waals surface area contributed by atoms with Crippen LogP contribution in [0.25, 0.3) is 11.0 Å². The first kappa shape index (κ1) is 10.6. The third kappa shape index (κ3) is 1.78. The lowest BCUT2D eigenvalue weighted by Crippen LogP contribution is -2.24. The van der Waals surface area contributed by atoms with Gasteiger partial charge < -0.3 is 4.90 Å². The van der Waals surface area contributed by atoms with Crippen molar-refractivity contribution in [2.45, 2.75) is 6.42 Å². The molecule has 1 aliphatic rings. The van der Waals surface area contributed by atoms with Gasteiger partial charge in [-0.15, -0.1) is 0 Å². The van der Waals surface area contributed by atoms with Gasteiger partial charge in [-0.2, -0.15) is 17.7 Å². The summed E-state index contributed by atoms with van der Waals surface area (Å²) in [5.74, 6) is 1.23. The predicted octanol–water partition coefficient (Wildman–Crippen LogP) is 1.24. The molecule has 6 heteroatoms. The van der Waals surface area contributed by atoms with E-state index in [1.54, 1.807) is 17.3 Å². The van der Waals surface area contributed by atoms with E-state index in [2.05, 4.69) is 27.8 Å². The second-order valence-electron chi connectivity index (χ2n) is 4.26. The molecule has 1 unspecified atom stereocenters. The van der Waals surface area contributed by atoms with E-state index in [9.17, 15) is 4.79 Å². The van der Waals surface area contributed by atoms with Crippen LogP contribution in [0.15, 0.2) is 18.5 Å². The third-order valence-electron chi connectivity index (χ3n) is 3.05. The summed E-state index contributed by atoms with van der Waals surface area (Å²) in [5, 5.41) is 7.63. The maximum absolute atomic E-state index is 11.9. The van der Waals surface area contributed by atoms with Crippen molar-refractivity contribution in [2.24, 2.45) is 5.92 Å². The lowest BCUT2D eigenvalue weighted by Gasteiger charge is -2.15. The van der Waals surface area contributed by atoms with Crippen molar-refractivity contribution >= 4 is 35.3 Å². The van der Waals surface area contributed by atoms with Crippen LogP contribution in [0, 0.1) is 5.92 Å². The number of amides is 1. The summed E-state index contributed by atoms with van der Waals surface area (Å²) in [7, 11) is 0. The standard InChI is InChI=1S/C11H12N4OS/c16-10-1-7(6-17)5-15(10)9-2-8-3-13-14-11(8)12-4-9/h2-4,7,17H,1,5-6H2,(H,12,13,14). The topological polar surface area (TPSA) is 61.9 Å². The van der Waals surface area contributed by atoms with Crippen LogP contribution >= 0.6 is 12.6 Å². The number of thiol groups is 1. The molecule has 5 nitrogen and oxygen atoms in total. The van der Waals surface area contributed by atoms with Crippen LogP contribution < -0.4 is 4.90 Å². The molecular weight excluding hydrogens is 236 g/mol. The van der Waals surface area contributed by atoms with E-state index in [4.69, 9.17) is 0 Å². The molecule has 2 aromatic heterocycles. The fourth-order valence-electron chi connectivity index (χ4n) is 2.13. The second kappa shape index (κ2) is 4.03. The largest absolute Gasteiger partial charge is 0.311 e. The Morgan fingerprint density at radius 1 is 1.53 bits per heavy atom. The Morgan fingerprint density at radius 2 is 2.41 bits per heavy atom. The molecule has 17 heavy (non-hydrogen) atoms. The average Bonchev–Trinajstić information content (AvgIpc) is 2.93. The van der Waals surface area contributed by atoms with Gasteiger partial charge in [0.2, 0.25) is 5.91 Å². The minimum atomic E-state index is 0.147. The zero-order valence-corrected chi connectivity index (χ0v) is 10.0. The van der Waals surface area contributed by atoms with Crippen LogP contribution in [0.1, 0.15) is 6.42 Å². The normalized spacial score (nSPS) is 20.4. The van der Waals surface area contributed by atoms with E-state index < -0.39 is 0 Å². The highest BCUT2D eigenvalue weighted by molar-refractivity contribution is 7.80. The van der Waals surface area contributed by atoms with E-state index in [-0.39, 0.29) is 5.91 Å². The molecule has 0 radical (unpaired) electrons. The van der Waals surface area contributed by atoms with Gasteiger partial charge in [-0.05, 0) is 17.7 Å². The number of carbonyl (C=O) groups is 1. The number of aromatic nitrogens is 3. The lowest BCUT2D eigenvalue weighted by atomic mass is 10.1. The van der Waals surface area contributed by atoms with Crippen LogP contribution in [0.4, 0.5) is 5.69 Å². The molecule has 0 aromatic carbocycles. The highest BCUT2D eigenvalue weighted by Crippen LogP contribution is 2.26. The van der Waals surface area contributed by atoms with Crippen LogP contribution in [0.3, 0.4) is 0 Å². The fraction of sp³-hybridized carbons (Fsp3) is 0.364. The minimum Gasteiger partial charge on any atom is -0.311 e. The fourth-order valence-corrected chi connectivity index (χ4v) is 2.37. The molecule has 1 aliphatic heterocycles. The van der Waals surface area contributed by atoms with Crippen LogP contribution in [-0.4, -0.2) is 33.4 Å². The van der Waals surface area contributed by atoms with E-state index in [1.165, 1.54) is 0 Å². The average molecular weight is 248 g/mol. The van der Waals surface area contributed by atoms with Crippen molar-refractivity contribution in [3.63, 3.8) is 0 Å². The van der Waals surface area contributed by atoms with Crippen LogP contribution in [0.5, 0.6) is 0 Å².